The highest BCUT2D eigenvalue weighted by Crippen LogP contribution is 2.14. The van der Waals surface area contributed by atoms with Gasteiger partial charge >= 0.3 is 5.97 Å². The Bertz CT molecular complexity index is 437. The molecule has 0 aromatic carbocycles. The number of aryl methyl sites for hydroxylation is 1. The molecule has 5 nitrogen and oxygen atoms in total. The molecule has 0 aliphatic carbocycles. The number of rotatable bonds is 5. The summed E-state index contributed by atoms with van der Waals surface area (Å²) in [6, 6.07) is 0.908. The molecule has 0 spiro atoms. The number of carboxylic acid groups (broad SMARTS) is 1. The summed E-state index contributed by atoms with van der Waals surface area (Å²) in [5.74, 6) is -1.00. The maximum atomic E-state index is 12.1. The molecule has 0 fully saturated rings. The van der Waals surface area contributed by atoms with Crippen molar-refractivity contribution >= 4 is 11.9 Å². The largest absolute Gasteiger partial charge is 0.480 e. The maximum absolute atomic E-state index is 12.1. The Hall–Kier alpha value is -1.78. The highest BCUT2D eigenvalue weighted by atomic mass is 16.4. The van der Waals surface area contributed by atoms with Crippen LogP contribution < -0.4 is 0 Å². The molecule has 1 heterocycles. The van der Waals surface area contributed by atoms with Crippen LogP contribution in [0.3, 0.4) is 0 Å². The zero-order chi connectivity index (χ0) is 13.9. The van der Waals surface area contributed by atoms with E-state index in [0.717, 1.165) is 0 Å². The zero-order valence-corrected chi connectivity index (χ0v) is 11.3. The van der Waals surface area contributed by atoms with Gasteiger partial charge in [-0.1, -0.05) is 13.8 Å². The van der Waals surface area contributed by atoms with E-state index in [9.17, 15) is 14.7 Å². The second-order valence-corrected chi connectivity index (χ2v) is 4.97. The van der Waals surface area contributed by atoms with E-state index in [1.54, 1.807) is 23.0 Å². The molecule has 5 heteroatoms. The summed E-state index contributed by atoms with van der Waals surface area (Å²) in [6.07, 6.45) is 3.90. The SMILES string of the molecule is CC(C)CC(C(=O)O)N(C)C(=O)c1ccn(C)c1. The van der Waals surface area contributed by atoms with Crippen molar-refractivity contribution in [1.82, 2.24) is 9.47 Å². The van der Waals surface area contributed by atoms with Crippen molar-refractivity contribution in [3.63, 3.8) is 0 Å². The molecule has 0 radical (unpaired) electrons. The van der Waals surface area contributed by atoms with E-state index in [2.05, 4.69) is 0 Å². The third-order valence-electron chi connectivity index (χ3n) is 2.85. The van der Waals surface area contributed by atoms with Gasteiger partial charge in [-0.25, -0.2) is 4.79 Å². The van der Waals surface area contributed by atoms with E-state index in [4.69, 9.17) is 0 Å². The second-order valence-electron chi connectivity index (χ2n) is 4.97. The van der Waals surface area contributed by atoms with Gasteiger partial charge in [0.1, 0.15) is 6.04 Å². The smallest absolute Gasteiger partial charge is 0.326 e. The molecule has 1 rings (SSSR count). The quantitative estimate of drug-likeness (QED) is 0.865. The molecule has 0 saturated heterocycles. The molecule has 1 aromatic rings. The van der Waals surface area contributed by atoms with E-state index < -0.39 is 12.0 Å². The van der Waals surface area contributed by atoms with Crippen LogP contribution in [0.4, 0.5) is 0 Å². The average Bonchev–Trinajstić information content (AvgIpc) is 2.70. The molecule has 0 aliphatic heterocycles. The Balaban J connectivity index is 2.86. The third kappa shape index (κ3) is 3.35. The van der Waals surface area contributed by atoms with Crippen LogP contribution >= 0.6 is 0 Å². The highest BCUT2D eigenvalue weighted by molar-refractivity contribution is 5.96. The van der Waals surface area contributed by atoms with Gasteiger partial charge < -0.3 is 14.6 Å². The monoisotopic (exact) mass is 252 g/mol. The molecular formula is C13H20N2O3. The Labute approximate surface area is 107 Å². The minimum atomic E-state index is -0.963. The van der Waals surface area contributed by atoms with Crippen LogP contribution in [-0.2, 0) is 11.8 Å². The second kappa shape index (κ2) is 5.71. The number of carbonyl (C=O) groups is 2. The minimum absolute atomic E-state index is 0.220. The Kier molecular flexibility index (Phi) is 4.53. The first-order valence-corrected chi connectivity index (χ1v) is 5.95. The predicted octanol–water partition coefficient (Wildman–Crippen LogP) is 1.60. The molecule has 1 atom stereocenters. The van der Waals surface area contributed by atoms with Gasteiger partial charge in [-0.15, -0.1) is 0 Å². The van der Waals surface area contributed by atoms with Crippen molar-refractivity contribution in [2.24, 2.45) is 13.0 Å². The van der Waals surface area contributed by atoms with Gasteiger partial charge in [-0.3, -0.25) is 4.79 Å². The molecule has 0 aliphatic rings. The van der Waals surface area contributed by atoms with Crippen molar-refractivity contribution in [3.8, 4) is 0 Å². The average molecular weight is 252 g/mol. The highest BCUT2D eigenvalue weighted by Gasteiger charge is 2.28. The van der Waals surface area contributed by atoms with Crippen molar-refractivity contribution in [1.29, 1.82) is 0 Å². The first kappa shape index (κ1) is 14.3. The summed E-state index contributed by atoms with van der Waals surface area (Å²) >= 11 is 0. The molecule has 0 saturated carbocycles. The lowest BCUT2D eigenvalue weighted by Crippen LogP contribution is -2.43. The summed E-state index contributed by atoms with van der Waals surface area (Å²) in [5.41, 5.74) is 0.509. The van der Waals surface area contributed by atoms with E-state index in [1.807, 2.05) is 20.9 Å². The van der Waals surface area contributed by atoms with Crippen LogP contribution in [-0.4, -0.2) is 39.5 Å². The number of aromatic nitrogens is 1. The Morgan fingerprint density at radius 2 is 2.06 bits per heavy atom. The van der Waals surface area contributed by atoms with Crippen LogP contribution in [0.5, 0.6) is 0 Å². The Morgan fingerprint density at radius 1 is 1.44 bits per heavy atom. The lowest BCUT2D eigenvalue weighted by atomic mass is 10.0. The van der Waals surface area contributed by atoms with E-state index in [-0.39, 0.29) is 11.8 Å². The van der Waals surface area contributed by atoms with Gasteiger partial charge in [-0.2, -0.15) is 0 Å². The number of nitrogens with zero attached hydrogens (tertiary/aromatic N) is 2. The summed E-state index contributed by atoms with van der Waals surface area (Å²) in [7, 11) is 3.36. The zero-order valence-electron chi connectivity index (χ0n) is 11.3. The fourth-order valence-electron chi connectivity index (χ4n) is 1.85. The van der Waals surface area contributed by atoms with E-state index >= 15 is 0 Å². The van der Waals surface area contributed by atoms with Crippen LogP contribution in [0.25, 0.3) is 0 Å². The van der Waals surface area contributed by atoms with Crippen molar-refractivity contribution in [2.75, 3.05) is 7.05 Å². The maximum Gasteiger partial charge on any atom is 0.326 e. The number of amides is 1. The fraction of sp³-hybridized carbons (Fsp3) is 0.538. The third-order valence-corrected chi connectivity index (χ3v) is 2.85. The van der Waals surface area contributed by atoms with Crippen LogP contribution in [0, 0.1) is 5.92 Å². The first-order chi connectivity index (χ1) is 8.32. The number of likely N-dealkylation sites (N-methyl/N-ethyl adjacent to an activating group) is 1. The molecule has 1 amide bonds. The molecule has 0 bridgehead atoms. The number of aliphatic carboxylic acids is 1. The number of carboxylic acids is 1. The lowest BCUT2D eigenvalue weighted by molar-refractivity contribution is -0.142. The summed E-state index contributed by atoms with van der Waals surface area (Å²) in [5, 5.41) is 9.19. The van der Waals surface area contributed by atoms with Gasteiger partial charge in [0, 0.05) is 26.5 Å². The molecule has 1 N–H and O–H groups in total. The van der Waals surface area contributed by atoms with Crippen molar-refractivity contribution in [3.05, 3.63) is 24.0 Å². The fourth-order valence-corrected chi connectivity index (χ4v) is 1.85. The number of hydrogen-bond acceptors (Lipinski definition) is 2. The number of carbonyl (C=O) groups excluding carboxylic acids is 1. The lowest BCUT2D eigenvalue weighted by Gasteiger charge is -2.25. The van der Waals surface area contributed by atoms with Crippen LogP contribution in [0.15, 0.2) is 18.5 Å². The number of hydrogen-bond donors (Lipinski definition) is 1. The van der Waals surface area contributed by atoms with Gasteiger partial charge in [0.2, 0.25) is 0 Å². The van der Waals surface area contributed by atoms with E-state index in [1.165, 1.54) is 11.9 Å². The van der Waals surface area contributed by atoms with Crippen molar-refractivity contribution < 1.29 is 14.7 Å². The summed E-state index contributed by atoms with van der Waals surface area (Å²) < 4.78 is 1.76. The van der Waals surface area contributed by atoms with Gasteiger partial charge in [0.05, 0.1) is 5.56 Å². The summed E-state index contributed by atoms with van der Waals surface area (Å²) in [6.45, 7) is 3.88. The molecule has 1 unspecified atom stereocenters. The van der Waals surface area contributed by atoms with Crippen LogP contribution in [0.1, 0.15) is 30.6 Å². The molecular weight excluding hydrogens is 232 g/mol. The standard InChI is InChI=1S/C13H20N2O3/c1-9(2)7-11(13(17)18)15(4)12(16)10-5-6-14(3)8-10/h5-6,8-9,11H,7H2,1-4H3,(H,17,18). The Morgan fingerprint density at radius 3 is 2.44 bits per heavy atom. The topological polar surface area (TPSA) is 62.5 Å². The van der Waals surface area contributed by atoms with Gasteiger partial charge in [-0.05, 0) is 18.4 Å². The first-order valence-electron chi connectivity index (χ1n) is 5.95. The molecule has 1 aromatic heterocycles. The predicted molar refractivity (Wildman–Crippen MR) is 68.4 cm³/mol. The van der Waals surface area contributed by atoms with Crippen LogP contribution in [0.2, 0.25) is 0 Å². The normalized spacial score (nSPS) is 12.5. The molecule has 100 valence electrons. The summed E-state index contributed by atoms with van der Waals surface area (Å²) in [4.78, 5) is 24.7. The van der Waals surface area contributed by atoms with Crippen molar-refractivity contribution in [2.45, 2.75) is 26.3 Å². The van der Waals surface area contributed by atoms with Gasteiger partial charge in [0.25, 0.3) is 5.91 Å². The van der Waals surface area contributed by atoms with Gasteiger partial charge in [0.15, 0.2) is 0 Å². The minimum Gasteiger partial charge on any atom is -0.480 e. The molecule has 18 heavy (non-hydrogen) atoms. The van der Waals surface area contributed by atoms with E-state index in [0.29, 0.717) is 12.0 Å².